The third kappa shape index (κ3) is 5.41. The standard InChI is InChI=1S/C18H16Cl2F2N2O2/c1-10(11-2-5-14(19)15(20)8-11)24-17(25)6-7-23-18(26)13-4-3-12(21)9-16(13)22/h2-5,8-10H,6-7H2,1H3,(H,23,26)(H,24,25). The summed E-state index contributed by atoms with van der Waals surface area (Å²) in [5, 5.41) is 5.99. The minimum atomic E-state index is -0.958. The van der Waals surface area contributed by atoms with Crippen LogP contribution in [0.1, 0.15) is 35.3 Å². The van der Waals surface area contributed by atoms with Crippen molar-refractivity contribution in [3.05, 3.63) is 69.2 Å². The molecular formula is C18H16Cl2F2N2O2. The van der Waals surface area contributed by atoms with Crippen LogP contribution in [-0.2, 0) is 4.79 Å². The van der Waals surface area contributed by atoms with E-state index in [0.29, 0.717) is 16.1 Å². The van der Waals surface area contributed by atoms with Gasteiger partial charge in [-0.15, -0.1) is 0 Å². The Labute approximate surface area is 159 Å². The maximum absolute atomic E-state index is 13.5. The summed E-state index contributed by atoms with van der Waals surface area (Å²) in [6.45, 7) is 1.79. The highest BCUT2D eigenvalue weighted by molar-refractivity contribution is 6.42. The van der Waals surface area contributed by atoms with Gasteiger partial charge in [0.1, 0.15) is 11.6 Å². The van der Waals surface area contributed by atoms with Crippen molar-refractivity contribution in [3.63, 3.8) is 0 Å². The molecule has 4 nitrogen and oxygen atoms in total. The molecule has 8 heteroatoms. The second-order valence-corrected chi connectivity index (χ2v) is 6.41. The molecule has 2 aromatic carbocycles. The van der Waals surface area contributed by atoms with E-state index in [2.05, 4.69) is 10.6 Å². The van der Waals surface area contributed by atoms with Crippen LogP contribution in [0.3, 0.4) is 0 Å². The predicted octanol–water partition coefficient (Wildman–Crippen LogP) is 4.27. The Balaban J connectivity index is 1.82. The van der Waals surface area contributed by atoms with E-state index in [1.54, 1.807) is 25.1 Å². The zero-order chi connectivity index (χ0) is 19.3. The molecule has 0 heterocycles. The molecule has 0 aliphatic rings. The second kappa shape index (κ2) is 8.96. The highest BCUT2D eigenvalue weighted by Crippen LogP contribution is 2.25. The molecule has 2 N–H and O–H groups in total. The van der Waals surface area contributed by atoms with E-state index in [1.165, 1.54) is 0 Å². The minimum Gasteiger partial charge on any atom is -0.351 e. The van der Waals surface area contributed by atoms with Gasteiger partial charge in [0.05, 0.1) is 21.7 Å². The van der Waals surface area contributed by atoms with E-state index in [4.69, 9.17) is 23.2 Å². The monoisotopic (exact) mass is 400 g/mol. The largest absolute Gasteiger partial charge is 0.351 e. The number of hydrogen-bond acceptors (Lipinski definition) is 2. The van der Waals surface area contributed by atoms with Crippen molar-refractivity contribution >= 4 is 35.0 Å². The molecule has 1 unspecified atom stereocenters. The van der Waals surface area contributed by atoms with E-state index < -0.39 is 17.5 Å². The average Bonchev–Trinajstić information content (AvgIpc) is 2.57. The first-order valence-corrected chi connectivity index (χ1v) is 8.51. The van der Waals surface area contributed by atoms with E-state index >= 15 is 0 Å². The van der Waals surface area contributed by atoms with Gasteiger partial charge in [-0.3, -0.25) is 9.59 Å². The van der Waals surface area contributed by atoms with Crippen molar-refractivity contribution in [3.8, 4) is 0 Å². The summed E-state index contributed by atoms with van der Waals surface area (Å²) >= 11 is 11.8. The van der Waals surface area contributed by atoms with Gasteiger partial charge in [-0.1, -0.05) is 29.3 Å². The summed E-state index contributed by atoms with van der Waals surface area (Å²) in [5.74, 6) is -2.74. The van der Waals surface area contributed by atoms with Crippen LogP contribution in [0.25, 0.3) is 0 Å². The van der Waals surface area contributed by atoms with Gasteiger partial charge in [0, 0.05) is 19.0 Å². The van der Waals surface area contributed by atoms with Crippen LogP contribution >= 0.6 is 23.2 Å². The second-order valence-electron chi connectivity index (χ2n) is 5.59. The van der Waals surface area contributed by atoms with Gasteiger partial charge in [0.15, 0.2) is 0 Å². The SMILES string of the molecule is CC(NC(=O)CCNC(=O)c1ccc(F)cc1F)c1ccc(Cl)c(Cl)c1. The molecular weight excluding hydrogens is 385 g/mol. The Morgan fingerprint density at radius 3 is 2.46 bits per heavy atom. The fourth-order valence-corrected chi connectivity index (χ4v) is 2.54. The van der Waals surface area contributed by atoms with Gasteiger partial charge in [-0.25, -0.2) is 8.78 Å². The van der Waals surface area contributed by atoms with Gasteiger partial charge in [0.25, 0.3) is 5.91 Å². The van der Waals surface area contributed by atoms with Crippen molar-refractivity contribution < 1.29 is 18.4 Å². The summed E-state index contributed by atoms with van der Waals surface area (Å²) in [4.78, 5) is 23.8. The van der Waals surface area contributed by atoms with Crippen molar-refractivity contribution in [2.24, 2.45) is 0 Å². The Morgan fingerprint density at radius 2 is 1.81 bits per heavy atom. The summed E-state index contributed by atoms with van der Waals surface area (Å²) < 4.78 is 26.3. The lowest BCUT2D eigenvalue weighted by molar-refractivity contribution is -0.121. The molecule has 0 saturated carbocycles. The van der Waals surface area contributed by atoms with E-state index in [9.17, 15) is 18.4 Å². The van der Waals surface area contributed by atoms with Crippen LogP contribution in [0.4, 0.5) is 8.78 Å². The van der Waals surface area contributed by atoms with Crippen LogP contribution in [0.15, 0.2) is 36.4 Å². The lowest BCUT2D eigenvalue weighted by Gasteiger charge is -2.15. The first-order chi connectivity index (χ1) is 12.3. The summed E-state index contributed by atoms with van der Waals surface area (Å²) in [6.07, 6.45) is 0.000214. The highest BCUT2D eigenvalue weighted by Gasteiger charge is 2.14. The summed E-state index contributed by atoms with van der Waals surface area (Å²) in [6, 6.07) is 7.41. The van der Waals surface area contributed by atoms with Crippen molar-refractivity contribution in [2.75, 3.05) is 6.54 Å². The number of nitrogens with one attached hydrogen (secondary N) is 2. The number of hydrogen-bond donors (Lipinski definition) is 2. The molecule has 0 saturated heterocycles. The van der Waals surface area contributed by atoms with Gasteiger partial charge < -0.3 is 10.6 Å². The zero-order valence-corrected chi connectivity index (χ0v) is 15.3. The number of benzene rings is 2. The predicted molar refractivity (Wildman–Crippen MR) is 96.3 cm³/mol. The molecule has 2 aromatic rings. The minimum absolute atomic E-state index is 0.000214. The number of rotatable bonds is 6. The number of carbonyl (C=O) groups excluding carboxylic acids is 2. The fourth-order valence-electron chi connectivity index (χ4n) is 2.24. The molecule has 0 bridgehead atoms. The molecule has 0 aromatic heterocycles. The van der Waals surface area contributed by atoms with Crippen molar-refractivity contribution in [1.29, 1.82) is 0 Å². The van der Waals surface area contributed by atoms with Crippen LogP contribution in [0.2, 0.25) is 10.0 Å². The molecule has 2 amide bonds. The van der Waals surface area contributed by atoms with E-state index in [-0.39, 0.29) is 30.5 Å². The van der Waals surface area contributed by atoms with Crippen LogP contribution in [0, 0.1) is 11.6 Å². The van der Waals surface area contributed by atoms with Crippen molar-refractivity contribution in [2.45, 2.75) is 19.4 Å². The molecule has 0 aliphatic heterocycles. The van der Waals surface area contributed by atoms with Gasteiger partial charge >= 0.3 is 0 Å². The Hall–Kier alpha value is -2.18. The van der Waals surface area contributed by atoms with Crippen LogP contribution in [0.5, 0.6) is 0 Å². The molecule has 0 fully saturated rings. The molecule has 0 spiro atoms. The van der Waals surface area contributed by atoms with E-state index in [0.717, 1.165) is 17.7 Å². The summed E-state index contributed by atoms with van der Waals surface area (Å²) in [5.41, 5.74) is 0.501. The Bertz CT molecular complexity index is 831. The lowest BCUT2D eigenvalue weighted by Crippen LogP contribution is -2.32. The lowest BCUT2D eigenvalue weighted by atomic mass is 10.1. The first kappa shape index (κ1) is 20.1. The van der Waals surface area contributed by atoms with Crippen LogP contribution in [-0.4, -0.2) is 18.4 Å². The maximum Gasteiger partial charge on any atom is 0.254 e. The van der Waals surface area contributed by atoms with Gasteiger partial charge in [-0.2, -0.15) is 0 Å². The van der Waals surface area contributed by atoms with E-state index in [1.807, 2.05) is 0 Å². The first-order valence-electron chi connectivity index (χ1n) is 7.75. The molecule has 0 radical (unpaired) electrons. The molecule has 26 heavy (non-hydrogen) atoms. The van der Waals surface area contributed by atoms with Crippen LogP contribution < -0.4 is 10.6 Å². The van der Waals surface area contributed by atoms with Gasteiger partial charge in [-0.05, 0) is 36.8 Å². The number of amides is 2. The average molecular weight is 401 g/mol. The molecule has 0 aliphatic carbocycles. The highest BCUT2D eigenvalue weighted by atomic mass is 35.5. The normalized spacial score (nSPS) is 11.7. The molecule has 1 atom stereocenters. The third-order valence-electron chi connectivity index (χ3n) is 3.63. The number of carbonyl (C=O) groups is 2. The fraction of sp³-hybridized carbons (Fsp3) is 0.222. The summed E-state index contributed by atoms with van der Waals surface area (Å²) in [7, 11) is 0. The molecule has 138 valence electrons. The quantitative estimate of drug-likeness (QED) is 0.760. The zero-order valence-electron chi connectivity index (χ0n) is 13.8. The molecule has 2 rings (SSSR count). The third-order valence-corrected chi connectivity index (χ3v) is 4.37. The van der Waals surface area contributed by atoms with Gasteiger partial charge in [0.2, 0.25) is 5.91 Å². The topological polar surface area (TPSA) is 58.2 Å². The van der Waals surface area contributed by atoms with Crippen molar-refractivity contribution in [1.82, 2.24) is 10.6 Å². The Morgan fingerprint density at radius 1 is 1.08 bits per heavy atom. The smallest absolute Gasteiger partial charge is 0.254 e. The maximum atomic E-state index is 13.5. The Kier molecular flexibility index (Phi) is 6.94. The number of halogens is 4.